The van der Waals surface area contributed by atoms with Crippen molar-refractivity contribution in [2.75, 3.05) is 5.32 Å². The number of hydrogen-bond acceptors (Lipinski definition) is 3. The Morgan fingerprint density at radius 2 is 1.80 bits per heavy atom. The van der Waals surface area contributed by atoms with Crippen molar-refractivity contribution >= 4 is 34.8 Å². The van der Waals surface area contributed by atoms with Crippen LogP contribution in [0.15, 0.2) is 67.0 Å². The Morgan fingerprint density at radius 3 is 2.60 bits per heavy atom. The number of rotatable bonds is 4. The number of benzene rings is 2. The van der Waals surface area contributed by atoms with Gasteiger partial charge in [-0.05, 0) is 35.9 Å². The molecule has 0 aliphatic carbocycles. The second-order valence-electron chi connectivity index (χ2n) is 5.59. The number of aromatic nitrogens is 3. The number of anilines is 1. The molecule has 0 fully saturated rings. The zero-order valence-electron chi connectivity index (χ0n) is 13.2. The standard InChI is InChI=1S/C19H14Cl2N4/c20-15-7-5-13(6-8-15)12-23-18-17(14-3-1-4-16(21)11-14)24-19-22-9-2-10-25(18)19/h1-11,23H,12H2. The molecule has 6 heteroatoms. The molecule has 1 N–H and O–H groups in total. The maximum Gasteiger partial charge on any atom is 0.235 e. The first-order chi connectivity index (χ1) is 12.2. The average molecular weight is 369 g/mol. The van der Waals surface area contributed by atoms with Gasteiger partial charge in [0, 0.05) is 34.5 Å². The molecule has 124 valence electrons. The Kier molecular flexibility index (Phi) is 4.30. The minimum Gasteiger partial charge on any atom is -0.365 e. The molecule has 2 heterocycles. The first-order valence-corrected chi connectivity index (χ1v) is 8.53. The van der Waals surface area contributed by atoms with Gasteiger partial charge in [0.15, 0.2) is 0 Å². The predicted octanol–water partition coefficient (Wildman–Crippen LogP) is 5.32. The molecule has 0 saturated heterocycles. The van der Waals surface area contributed by atoms with Gasteiger partial charge in [0.25, 0.3) is 0 Å². The van der Waals surface area contributed by atoms with Gasteiger partial charge in [-0.25, -0.2) is 9.97 Å². The lowest BCUT2D eigenvalue weighted by Crippen LogP contribution is -2.03. The highest BCUT2D eigenvalue weighted by Gasteiger charge is 2.14. The molecular formula is C19H14Cl2N4. The lowest BCUT2D eigenvalue weighted by molar-refractivity contribution is 1.06. The summed E-state index contributed by atoms with van der Waals surface area (Å²) < 4.78 is 1.94. The molecule has 0 bridgehead atoms. The van der Waals surface area contributed by atoms with Crippen LogP contribution in [-0.2, 0) is 6.54 Å². The third-order valence-electron chi connectivity index (χ3n) is 3.87. The zero-order valence-corrected chi connectivity index (χ0v) is 14.7. The van der Waals surface area contributed by atoms with Crippen LogP contribution in [0, 0.1) is 0 Å². The lowest BCUT2D eigenvalue weighted by Gasteiger charge is -2.09. The third-order valence-corrected chi connectivity index (χ3v) is 4.36. The quantitative estimate of drug-likeness (QED) is 0.530. The van der Waals surface area contributed by atoms with Gasteiger partial charge in [0.2, 0.25) is 5.78 Å². The minimum absolute atomic E-state index is 0.635. The van der Waals surface area contributed by atoms with Crippen LogP contribution in [0.3, 0.4) is 0 Å². The summed E-state index contributed by atoms with van der Waals surface area (Å²) in [5.41, 5.74) is 2.88. The molecule has 2 aromatic carbocycles. The Labute approximate surface area is 155 Å². The Hall–Kier alpha value is -2.56. The fourth-order valence-corrected chi connectivity index (χ4v) is 3.00. The van der Waals surface area contributed by atoms with E-state index >= 15 is 0 Å². The van der Waals surface area contributed by atoms with E-state index in [1.165, 1.54) is 0 Å². The lowest BCUT2D eigenvalue weighted by atomic mass is 10.1. The number of nitrogens with one attached hydrogen (secondary N) is 1. The SMILES string of the molecule is Clc1ccc(CNc2c(-c3cccc(Cl)c3)nc3ncccn23)cc1. The molecule has 0 atom stereocenters. The minimum atomic E-state index is 0.635. The molecule has 4 aromatic rings. The first kappa shape index (κ1) is 15.9. The Bertz CT molecular complexity index is 1030. The summed E-state index contributed by atoms with van der Waals surface area (Å²) in [7, 11) is 0. The van der Waals surface area contributed by atoms with E-state index in [1.807, 2.05) is 65.2 Å². The van der Waals surface area contributed by atoms with E-state index in [1.54, 1.807) is 6.20 Å². The molecule has 0 aliphatic heterocycles. The number of imidazole rings is 1. The van der Waals surface area contributed by atoms with Crippen LogP contribution >= 0.6 is 23.2 Å². The number of nitrogens with zero attached hydrogens (tertiary/aromatic N) is 3. The fraction of sp³-hybridized carbons (Fsp3) is 0.0526. The van der Waals surface area contributed by atoms with E-state index in [4.69, 9.17) is 23.2 Å². The van der Waals surface area contributed by atoms with Crippen molar-refractivity contribution < 1.29 is 0 Å². The van der Waals surface area contributed by atoms with Crippen molar-refractivity contribution in [2.24, 2.45) is 0 Å². The Balaban J connectivity index is 1.75. The van der Waals surface area contributed by atoms with E-state index < -0.39 is 0 Å². The predicted molar refractivity (Wildman–Crippen MR) is 102 cm³/mol. The molecule has 0 amide bonds. The van der Waals surface area contributed by atoms with Gasteiger partial charge in [-0.2, -0.15) is 0 Å². The molecule has 0 radical (unpaired) electrons. The normalized spacial score (nSPS) is 11.0. The van der Waals surface area contributed by atoms with Crippen LogP contribution in [-0.4, -0.2) is 14.4 Å². The summed E-state index contributed by atoms with van der Waals surface area (Å²) in [5.74, 6) is 1.51. The summed E-state index contributed by atoms with van der Waals surface area (Å²) in [6.45, 7) is 0.646. The molecule has 4 rings (SSSR count). The van der Waals surface area contributed by atoms with Crippen LogP contribution in [0.5, 0.6) is 0 Å². The topological polar surface area (TPSA) is 42.2 Å². The van der Waals surface area contributed by atoms with Crippen LogP contribution in [0.4, 0.5) is 5.82 Å². The smallest absolute Gasteiger partial charge is 0.235 e. The zero-order chi connectivity index (χ0) is 17.2. The fourth-order valence-electron chi connectivity index (χ4n) is 2.68. The molecule has 4 nitrogen and oxygen atoms in total. The Morgan fingerprint density at radius 1 is 0.960 bits per heavy atom. The maximum absolute atomic E-state index is 6.15. The molecule has 0 spiro atoms. The van der Waals surface area contributed by atoms with Gasteiger partial charge < -0.3 is 5.32 Å². The largest absolute Gasteiger partial charge is 0.365 e. The van der Waals surface area contributed by atoms with E-state index in [9.17, 15) is 0 Å². The summed E-state index contributed by atoms with van der Waals surface area (Å²) in [5, 5.41) is 4.86. The number of hydrogen-bond donors (Lipinski definition) is 1. The monoisotopic (exact) mass is 368 g/mol. The van der Waals surface area contributed by atoms with Gasteiger partial charge in [-0.3, -0.25) is 4.40 Å². The van der Waals surface area contributed by atoms with Crippen LogP contribution in [0.2, 0.25) is 10.0 Å². The van der Waals surface area contributed by atoms with Gasteiger partial charge >= 0.3 is 0 Å². The number of fused-ring (bicyclic) bond motifs is 1. The summed E-state index contributed by atoms with van der Waals surface area (Å²) in [6, 6.07) is 17.3. The summed E-state index contributed by atoms with van der Waals surface area (Å²) in [4.78, 5) is 9.00. The highest BCUT2D eigenvalue weighted by Crippen LogP contribution is 2.30. The molecule has 25 heavy (non-hydrogen) atoms. The highest BCUT2D eigenvalue weighted by molar-refractivity contribution is 6.31. The van der Waals surface area contributed by atoms with Crippen LogP contribution < -0.4 is 5.32 Å². The highest BCUT2D eigenvalue weighted by atomic mass is 35.5. The summed E-state index contributed by atoms with van der Waals surface area (Å²) >= 11 is 12.1. The van der Waals surface area contributed by atoms with E-state index in [0.717, 1.165) is 27.7 Å². The molecule has 0 saturated carbocycles. The first-order valence-electron chi connectivity index (χ1n) is 7.78. The molecular weight excluding hydrogens is 355 g/mol. The van der Waals surface area contributed by atoms with Crippen LogP contribution in [0.1, 0.15) is 5.56 Å². The molecule has 0 aliphatic rings. The van der Waals surface area contributed by atoms with E-state index in [2.05, 4.69) is 15.3 Å². The van der Waals surface area contributed by atoms with Crippen molar-refractivity contribution in [3.8, 4) is 11.3 Å². The van der Waals surface area contributed by atoms with Gasteiger partial charge in [0.1, 0.15) is 11.5 Å². The van der Waals surface area contributed by atoms with E-state index in [-0.39, 0.29) is 0 Å². The van der Waals surface area contributed by atoms with Gasteiger partial charge in [0.05, 0.1) is 0 Å². The van der Waals surface area contributed by atoms with Crippen molar-refractivity contribution in [3.63, 3.8) is 0 Å². The molecule has 2 aromatic heterocycles. The second kappa shape index (κ2) is 6.75. The van der Waals surface area contributed by atoms with Crippen molar-refractivity contribution in [2.45, 2.75) is 6.54 Å². The van der Waals surface area contributed by atoms with Crippen molar-refractivity contribution in [1.82, 2.24) is 14.4 Å². The van der Waals surface area contributed by atoms with E-state index in [0.29, 0.717) is 17.3 Å². The maximum atomic E-state index is 6.15. The van der Waals surface area contributed by atoms with Crippen LogP contribution in [0.25, 0.3) is 17.0 Å². The molecule has 0 unspecified atom stereocenters. The third kappa shape index (κ3) is 3.31. The number of halogens is 2. The van der Waals surface area contributed by atoms with Gasteiger partial charge in [-0.1, -0.05) is 47.5 Å². The summed E-state index contributed by atoms with van der Waals surface area (Å²) in [6.07, 6.45) is 3.67. The second-order valence-corrected chi connectivity index (χ2v) is 6.46. The van der Waals surface area contributed by atoms with Crippen molar-refractivity contribution in [1.29, 1.82) is 0 Å². The van der Waals surface area contributed by atoms with Gasteiger partial charge in [-0.15, -0.1) is 0 Å². The average Bonchev–Trinajstić information content (AvgIpc) is 3.00. The van der Waals surface area contributed by atoms with Crippen molar-refractivity contribution in [3.05, 3.63) is 82.6 Å².